The largest absolute Gasteiger partial charge is 1.00 e. The molecule has 0 aromatic rings. The van der Waals surface area contributed by atoms with E-state index in [1.165, 1.54) is 17.7 Å². The Bertz CT molecular complexity index is 267. The molecule has 0 aliphatic heterocycles. The first-order valence-corrected chi connectivity index (χ1v) is 8.45. The van der Waals surface area contributed by atoms with Gasteiger partial charge in [0.1, 0.15) is 0 Å². The molecule has 0 atom stereocenters. The van der Waals surface area contributed by atoms with Crippen LogP contribution in [0.5, 0.6) is 0 Å². The standard InChI is InChI=1S/C5H5.C4H10N.C4H9.2ClH.Ti/c1-2-4-5-3-1;1-4-5(2)3;1-4(2)3;;;/h1-3H,4H2;1,4H2,2-3H3;1-3H3;2*1H;/q;;;;;+2/p-2. The van der Waals surface area contributed by atoms with E-state index in [4.69, 9.17) is 0 Å². The minimum atomic E-state index is -1.07. The molecule has 0 aromatic heterocycles. The molecule has 1 aliphatic rings. The van der Waals surface area contributed by atoms with Crippen molar-refractivity contribution in [1.29, 1.82) is 0 Å². The molecule has 0 N–H and O–H groups in total. The molecule has 1 rings (SSSR count). The molecule has 0 unspecified atom stereocenters. The number of nitrogens with zero attached hydrogens (tertiary/aromatic N) is 1. The quantitative estimate of drug-likeness (QED) is 0.526. The van der Waals surface area contributed by atoms with Crippen LogP contribution in [0.1, 0.15) is 27.2 Å². The van der Waals surface area contributed by atoms with Crippen LogP contribution >= 0.6 is 0 Å². The van der Waals surface area contributed by atoms with Gasteiger partial charge in [-0.3, -0.25) is 0 Å². The van der Waals surface area contributed by atoms with Crippen molar-refractivity contribution in [3.8, 4) is 0 Å². The van der Waals surface area contributed by atoms with Crippen molar-refractivity contribution < 1.29 is 42.7 Å². The summed E-state index contributed by atoms with van der Waals surface area (Å²) in [5, 5.41) is 0. The van der Waals surface area contributed by atoms with Gasteiger partial charge in [0.2, 0.25) is 0 Å². The van der Waals surface area contributed by atoms with E-state index >= 15 is 0 Å². The van der Waals surface area contributed by atoms with Crippen molar-refractivity contribution in [2.24, 2.45) is 0 Å². The second-order valence-corrected chi connectivity index (χ2v) is 11.2. The van der Waals surface area contributed by atoms with Gasteiger partial charge in [-0.2, -0.15) is 0 Å². The number of hydrogen-bond donors (Lipinski definition) is 0. The fourth-order valence-electron chi connectivity index (χ4n) is 2.02. The zero-order valence-electron chi connectivity index (χ0n) is 11.6. The van der Waals surface area contributed by atoms with Gasteiger partial charge >= 0.3 is 101 Å². The van der Waals surface area contributed by atoms with E-state index in [0.29, 0.717) is 3.72 Å². The molecule has 0 saturated carbocycles. The van der Waals surface area contributed by atoms with E-state index in [9.17, 15) is 0 Å². The molecule has 17 heavy (non-hydrogen) atoms. The van der Waals surface area contributed by atoms with Gasteiger partial charge in [0.15, 0.2) is 0 Å². The molecule has 0 bridgehead atoms. The van der Waals surface area contributed by atoms with Crippen molar-refractivity contribution in [2.75, 3.05) is 20.6 Å². The van der Waals surface area contributed by atoms with Crippen LogP contribution in [0.3, 0.4) is 0 Å². The molecule has 0 spiro atoms. The van der Waals surface area contributed by atoms with Crippen LogP contribution in [0, 0.1) is 0 Å². The van der Waals surface area contributed by atoms with E-state index in [1.54, 1.807) is 3.88 Å². The van der Waals surface area contributed by atoms with Gasteiger partial charge in [0.05, 0.1) is 0 Å². The third-order valence-corrected chi connectivity index (χ3v) is 8.62. The van der Waals surface area contributed by atoms with Crippen LogP contribution in [0.4, 0.5) is 0 Å². The summed E-state index contributed by atoms with van der Waals surface area (Å²) < 4.78 is 3.77. The Balaban J connectivity index is 0. The zero-order chi connectivity index (χ0) is 11.5. The maximum Gasteiger partial charge on any atom is -1.00 e. The molecular formula is C13H24Cl2NTi. The summed E-state index contributed by atoms with van der Waals surface area (Å²) in [7, 11) is 4.36. The van der Waals surface area contributed by atoms with Gasteiger partial charge in [0, 0.05) is 0 Å². The number of allylic oxidation sites excluding steroid dienone is 4. The third kappa shape index (κ3) is 7.03. The van der Waals surface area contributed by atoms with Gasteiger partial charge in [-0.15, -0.1) is 0 Å². The summed E-state index contributed by atoms with van der Waals surface area (Å²) in [5.74, 6) is 0. The van der Waals surface area contributed by atoms with Gasteiger partial charge in [-0.05, 0) is 0 Å². The van der Waals surface area contributed by atoms with E-state index in [-0.39, 0.29) is 24.8 Å². The van der Waals surface area contributed by atoms with Crippen LogP contribution in [-0.2, 0) is 17.9 Å². The predicted octanol–water partition coefficient (Wildman–Crippen LogP) is -2.35. The Kier molecular flexibility index (Phi) is 10.3. The molecule has 0 amide bonds. The first-order chi connectivity index (χ1) is 6.91. The molecule has 1 aliphatic carbocycles. The SMILES string of the molecule is CN(C)C[CH2][Ti+2]([C]1=CC=CC1)[C](C)(C)C.[Cl-].[Cl-]. The van der Waals surface area contributed by atoms with Crippen molar-refractivity contribution in [2.45, 2.75) is 35.6 Å². The fourth-order valence-corrected chi connectivity index (χ4v) is 7.28. The molecule has 0 radical (unpaired) electrons. The second-order valence-electron chi connectivity index (χ2n) is 5.61. The molecular weight excluding hydrogens is 289 g/mol. The van der Waals surface area contributed by atoms with Crippen molar-refractivity contribution in [3.63, 3.8) is 0 Å². The minimum absolute atomic E-state index is 0. The van der Waals surface area contributed by atoms with E-state index < -0.39 is 17.9 Å². The summed E-state index contributed by atoms with van der Waals surface area (Å²) in [6.45, 7) is 8.54. The molecule has 0 saturated heterocycles. The fraction of sp³-hybridized carbons (Fsp3) is 0.692. The molecule has 0 fully saturated rings. The summed E-state index contributed by atoms with van der Waals surface area (Å²) >= 11 is -1.07. The second kappa shape index (κ2) is 8.77. The van der Waals surface area contributed by atoms with Crippen LogP contribution in [0.2, 0.25) is 8.45 Å². The summed E-state index contributed by atoms with van der Waals surface area (Å²) in [6.07, 6.45) is 8.17. The Hall–Kier alpha value is 0.734. The van der Waals surface area contributed by atoms with E-state index in [0.717, 1.165) is 0 Å². The van der Waals surface area contributed by atoms with Gasteiger partial charge in [-0.25, -0.2) is 0 Å². The van der Waals surface area contributed by atoms with Crippen LogP contribution in [-0.4, -0.2) is 25.5 Å². The van der Waals surface area contributed by atoms with Crippen molar-refractivity contribution in [3.05, 3.63) is 22.1 Å². The van der Waals surface area contributed by atoms with E-state index in [1.807, 2.05) is 0 Å². The average molecular weight is 313 g/mol. The number of rotatable bonds is 4. The molecule has 0 aromatic carbocycles. The molecule has 4 heteroatoms. The Morgan fingerprint density at radius 2 is 1.82 bits per heavy atom. The minimum Gasteiger partial charge on any atom is -1.00 e. The van der Waals surface area contributed by atoms with E-state index in [2.05, 4.69) is 58.0 Å². The first-order valence-electron chi connectivity index (χ1n) is 5.78. The van der Waals surface area contributed by atoms with Crippen LogP contribution in [0.25, 0.3) is 0 Å². The van der Waals surface area contributed by atoms with Gasteiger partial charge in [0.25, 0.3) is 0 Å². The van der Waals surface area contributed by atoms with Crippen LogP contribution in [0.15, 0.2) is 22.1 Å². The molecule has 0 heterocycles. The maximum atomic E-state index is 2.43. The number of halogens is 2. The smallest absolute Gasteiger partial charge is 1.00 e. The third-order valence-electron chi connectivity index (χ3n) is 2.87. The zero-order valence-corrected chi connectivity index (χ0v) is 14.6. The van der Waals surface area contributed by atoms with Crippen LogP contribution < -0.4 is 24.8 Å². The maximum absolute atomic E-state index is 2.43. The monoisotopic (exact) mass is 312 g/mol. The van der Waals surface area contributed by atoms with Gasteiger partial charge < -0.3 is 24.8 Å². The summed E-state index contributed by atoms with van der Waals surface area (Å²) in [6, 6.07) is 0. The molecule has 1 nitrogen and oxygen atoms in total. The Labute approximate surface area is 125 Å². The summed E-state index contributed by atoms with van der Waals surface area (Å²) in [4.78, 5) is 2.32. The summed E-state index contributed by atoms with van der Waals surface area (Å²) in [5.41, 5.74) is 0. The van der Waals surface area contributed by atoms with Crippen molar-refractivity contribution >= 4 is 0 Å². The topological polar surface area (TPSA) is 3.24 Å². The first kappa shape index (κ1) is 20.1. The normalized spacial score (nSPS) is 14.1. The average Bonchev–Trinajstić information content (AvgIpc) is 2.54. The predicted molar refractivity (Wildman–Crippen MR) is 64.9 cm³/mol. The van der Waals surface area contributed by atoms with Crippen molar-refractivity contribution in [1.82, 2.24) is 4.90 Å². The Morgan fingerprint density at radius 3 is 2.18 bits per heavy atom. The Morgan fingerprint density at radius 1 is 1.24 bits per heavy atom. The van der Waals surface area contributed by atoms with Gasteiger partial charge in [-0.1, -0.05) is 0 Å². The molecule has 99 valence electrons. The number of hydrogen-bond acceptors (Lipinski definition) is 1.